The van der Waals surface area contributed by atoms with Gasteiger partial charge in [-0.3, -0.25) is 20.3 Å². The highest BCUT2D eigenvalue weighted by Gasteiger charge is 2.17. The first-order chi connectivity index (χ1) is 11.7. The van der Waals surface area contributed by atoms with Gasteiger partial charge in [-0.1, -0.05) is 32.0 Å². The smallest absolute Gasteiger partial charge is 0.270 e. The van der Waals surface area contributed by atoms with Crippen molar-refractivity contribution in [2.75, 3.05) is 0 Å². The van der Waals surface area contributed by atoms with E-state index in [1.165, 1.54) is 30.3 Å². The molecule has 0 atom stereocenters. The number of hydrazine groups is 1. The Labute approximate surface area is 145 Å². The quantitative estimate of drug-likeness (QED) is 0.603. The largest absolute Gasteiger partial charge is 0.273 e. The normalized spacial score (nSPS) is 11.3. The molecule has 0 aliphatic rings. The molecule has 2 rings (SSSR count). The van der Waals surface area contributed by atoms with Gasteiger partial charge in [0.15, 0.2) is 0 Å². The number of sulfonamides is 1. The zero-order valence-electron chi connectivity index (χ0n) is 13.6. The molecule has 0 saturated carbocycles. The van der Waals surface area contributed by atoms with E-state index in [1.54, 1.807) is 12.1 Å². The van der Waals surface area contributed by atoms with Crippen LogP contribution >= 0.6 is 0 Å². The molecule has 0 unspecified atom stereocenters. The molecule has 1 amide bonds. The lowest BCUT2D eigenvalue weighted by atomic mass is 10.0. The lowest BCUT2D eigenvalue weighted by molar-refractivity contribution is -0.384. The molecule has 0 spiro atoms. The minimum Gasteiger partial charge on any atom is -0.273 e. The Balaban J connectivity index is 2.10. The van der Waals surface area contributed by atoms with Crippen LogP contribution in [0.3, 0.4) is 0 Å². The SMILES string of the molecule is CC(C)c1ccc(S(=O)(=O)NNC(=O)c2cccc([N+](=O)[O-])c2)cc1. The lowest BCUT2D eigenvalue weighted by Crippen LogP contribution is -2.41. The summed E-state index contributed by atoms with van der Waals surface area (Å²) in [6.45, 7) is 3.97. The van der Waals surface area contributed by atoms with Crippen LogP contribution in [0.2, 0.25) is 0 Å². The number of non-ortho nitro benzene ring substituents is 1. The third-order valence-corrected chi connectivity index (χ3v) is 4.74. The van der Waals surface area contributed by atoms with Gasteiger partial charge in [-0.15, -0.1) is 4.83 Å². The number of nitro benzene ring substituents is 1. The summed E-state index contributed by atoms with van der Waals surface area (Å²) in [7, 11) is -3.95. The molecule has 25 heavy (non-hydrogen) atoms. The van der Waals surface area contributed by atoms with Crippen LogP contribution in [0.4, 0.5) is 5.69 Å². The minimum absolute atomic E-state index is 0.00348. The van der Waals surface area contributed by atoms with Crippen molar-refractivity contribution in [3.8, 4) is 0 Å². The topological polar surface area (TPSA) is 118 Å². The predicted octanol–water partition coefficient (Wildman–Crippen LogP) is 2.34. The maximum atomic E-state index is 12.2. The van der Waals surface area contributed by atoms with Gasteiger partial charge in [-0.05, 0) is 29.7 Å². The highest BCUT2D eigenvalue weighted by molar-refractivity contribution is 7.89. The highest BCUT2D eigenvalue weighted by atomic mass is 32.2. The maximum absolute atomic E-state index is 12.2. The van der Waals surface area contributed by atoms with Crippen molar-refractivity contribution in [3.63, 3.8) is 0 Å². The van der Waals surface area contributed by atoms with Gasteiger partial charge >= 0.3 is 0 Å². The molecule has 0 saturated heterocycles. The molecule has 8 nitrogen and oxygen atoms in total. The number of nitrogens with one attached hydrogen (secondary N) is 2. The van der Waals surface area contributed by atoms with Gasteiger partial charge < -0.3 is 0 Å². The van der Waals surface area contributed by atoms with E-state index in [9.17, 15) is 23.3 Å². The molecule has 0 fully saturated rings. The first-order valence-electron chi connectivity index (χ1n) is 7.37. The molecule has 132 valence electrons. The van der Waals surface area contributed by atoms with Gasteiger partial charge in [0.2, 0.25) is 0 Å². The van der Waals surface area contributed by atoms with E-state index in [2.05, 4.69) is 0 Å². The summed E-state index contributed by atoms with van der Waals surface area (Å²) in [6.07, 6.45) is 0. The van der Waals surface area contributed by atoms with Gasteiger partial charge in [0, 0.05) is 17.7 Å². The van der Waals surface area contributed by atoms with E-state index >= 15 is 0 Å². The Hall–Kier alpha value is -2.78. The molecular formula is C16H17N3O5S. The number of hydrogen-bond donors (Lipinski definition) is 2. The second-order valence-electron chi connectivity index (χ2n) is 5.59. The van der Waals surface area contributed by atoms with E-state index in [-0.39, 0.29) is 22.1 Å². The van der Waals surface area contributed by atoms with Gasteiger partial charge in [0.25, 0.3) is 21.6 Å². The summed E-state index contributed by atoms with van der Waals surface area (Å²) in [5, 5.41) is 10.7. The number of hydrogen-bond acceptors (Lipinski definition) is 5. The Bertz CT molecular complexity index is 892. The fraction of sp³-hybridized carbons (Fsp3) is 0.188. The van der Waals surface area contributed by atoms with E-state index < -0.39 is 20.9 Å². The van der Waals surface area contributed by atoms with Crippen LogP contribution in [0.5, 0.6) is 0 Å². The summed E-state index contributed by atoms with van der Waals surface area (Å²) in [5.74, 6) is -0.538. The van der Waals surface area contributed by atoms with Gasteiger partial charge in [0.05, 0.1) is 9.82 Å². The van der Waals surface area contributed by atoms with Crippen LogP contribution in [0, 0.1) is 10.1 Å². The van der Waals surface area contributed by atoms with Crippen molar-refractivity contribution in [3.05, 3.63) is 69.8 Å². The molecule has 2 aromatic rings. The molecule has 0 aliphatic carbocycles. The van der Waals surface area contributed by atoms with Crippen LogP contribution in [0.15, 0.2) is 53.4 Å². The minimum atomic E-state index is -3.95. The summed E-state index contributed by atoms with van der Waals surface area (Å²) < 4.78 is 24.4. The molecule has 0 aromatic heterocycles. The average molecular weight is 363 g/mol. The zero-order chi connectivity index (χ0) is 18.6. The van der Waals surface area contributed by atoms with E-state index in [0.717, 1.165) is 11.6 Å². The Morgan fingerprint density at radius 2 is 1.76 bits per heavy atom. The van der Waals surface area contributed by atoms with Crippen molar-refractivity contribution in [2.24, 2.45) is 0 Å². The molecule has 0 heterocycles. The Kier molecular flexibility index (Phi) is 5.50. The third kappa shape index (κ3) is 4.61. The van der Waals surface area contributed by atoms with E-state index in [0.29, 0.717) is 0 Å². The van der Waals surface area contributed by atoms with Crippen molar-refractivity contribution >= 4 is 21.6 Å². The Morgan fingerprint density at radius 1 is 1.12 bits per heavy atom. The van der Waals surface area contributed by atoms with Crippen molar-refractivity contribution in [1.29, 1.82) is 0 Å². The highest BCUT2D eigenvalue weighted by Crippen LogP contribution is 2.17. The summed E-state index contributed by atoms with van der Waals surface area (Å²) in [6, 6.07) is 11.2. The molecule has 0 bridgehead atoms. The van der Waals surface area contributed by atoms with Crippen LogP contribution in [0.1, 0.15) is 35.7 Å². The van der Waals surface area contributed by atoms with E-state index in [1.807, 2.05) is 24.1 Å². The fourth-order valence-electron chi connectivity index (χ4n) is 2.04. The number of amides is 1. The van der Waals surface area contributed by atoms with E-state index in [4.69, 9.17) is 0 Å². The number of rotatable bonds is 6. The number of nitrogens with zero attached hydrogens (tertiary/aromatic N) is 1. The molecule has 0 radical (unpaired) electrons. The van der Waals surface area contributed by atoms with Crippen molar-refractivity contribution < 1.29 is 18.1 Å². The standard InChI is InChI=1S/C16H17N3O5S/c1-11(2)12-6-8-15(9-7-12)25(23,24)18-17-16(20)13-4-3-5-14(10-13)19(21)22/h3-11,18H,1-2H3,(H,17,20). The number of carbonyl (C=O) groups excluding carboxylic acids is 1. The Morgan fingerprint density at radius 3 is 2.32 bits per heavy atom. The maximum Gasteiger partial charge on any atom is 0.270 e. The molecular weight excluding hydrogens is 346 g/mol. The second-order valence-corrected chi connectivity index (χ2v) is 7.27. The molecule has 9 heteroatoms. The predicted molar refractivity (Wildman–Crippen MR) is 91.4 cm³/mol. The first kappa shape index (κ1) is 18.6. The zero-order valence-corrected chi connectivity index (χ0v) is 14.4. The monoisotopic (exact) mass is 363 g/mol. The van der Waals surface area contributed by atoms with Crippen LogP contribution in [-0.4, -0.2) is 19.2 Å². The lowest BCUT2D eigenvalue weighted by Gasteiger charge is -2.10. The van der Waals surface area contributed by atoms with Crippen LogP contribution in [-0.2, 0) is 10.0 Å². The molecule has 0 aliphatic heterocycles. The summed E-state index contributed by atoms with van der Waals surface area (Å²) >= 11 is 0. The molecule has 2 aromatic carbocycles. The van der Waals surface area contributed by atoms with Crippen LogP contribution in [0.25, 0.3) is 0 Å². The summed E-state index contributed by atoms with van der Waals surface area (Å²) in [4.78, 5) is 24.0. The average Bonchev–Trinajstić information content (AvgIpc) is 2.60. The summed E-state index contributed by atoms with van der Waals surface area (Å²) in [5.41, 5.74) is 2.73. The number of carbonyl (C=O) groups is 1. The van der Waals surface area contributed by atoms with Gasteiger partial charge in [0.1, 0.15) is 0 Å². The van der Waals surface area contributed by atoms with Crippen LogP contribution < -0.4 is 10.3 Å². The third-order valence-electron chi connectivity index (χ3n) is 3.48. The number of benzene rings is 2. The molecule has 2 N–H and O–H groups in total. The second kappa shape index (κ2) is 7.41. The van der Waals surface area contributed by atoms with Crippen molar-refractivity contribution in [1.82, 2.24) is 10.3 Å². The van der Waals surface area contributed by atoms with Crippen molar-refractivity contribution in [2.45, 2.75) is 24.7 Å². The first-order valence-corrected chi connectivity index (χ1v) is 8.85. The van der Waals surface area contributed by atoms with Gasteiger partial charge in [-0.2, -0.15) is 0 Å². The van der Waals surface area contributed by atoms with Gasteiger partial charge in [-0.25, -0.2) is 8.42 Å². The number of nitro groups is 1. The fourth-order valence-corrected chi connectivity index (χ4v) is 2.88.